The van der Waals surface area contributed by atoms with Gasteiger partial charge in [0.05, 0.1) is 24.5 Å². The van der Waals surface area contributed by atoms with Crippen LogP contribution < -0.4 is 5.32 Å². The Morgan fingerprint density at radius 2 is 2.14 bits per heavy atom. The Labute approximate surface area is 140 Å². The number of aryl methyl sites for hydroxylation is 1. The van der Waals surface area contributed by atoms with E-state index in [1.54, 1.807) is 12.3 Å². The van der Waals surface area contributed by atoms with E-state index in [1.165, 1.54) is 34.4 Å². The first-order chi connectivity index (χ1) is 10.6. The van der Waals surface area contributed by atoms with Crippen LogP contribution in [0.15, 0.2) is 15.1 Å². The van der Waals surface area contributed by atoms with Crippen molar-refractivity contribution in [3.8, 4) is 0 Å². The molecule has 6 nitrogen and oxygen atoms in total. The van der Waals surface area contributed by atoms with E-state index in [0.29, 0.717) is 17.4 Å². The molecule has 9 heteroatoms. The van der Waals surface area contributed by atoms with Gasteiger partial charge in [-0.1, -0.05) is 11.8 Å². The smallest absolute Gasteiger partial charge is 0.311 e. The average molecular weight is 357 g/mol. The molecule has 0 bridgehead atoms. The van der Waals surface area contributed by atoms with Crippen molar-refractivity contribution >= 4 is 51.4 Å². The fourth-order valence-electron chi connectivity index (χ4n) is 1.49. The number of nitrogens with one attached hydrogen (secondary N) is 1. The molecule has 0 fully saturated rings. The fraction of sp³-hybridized carbons (Fsp3) is 0.385. The molecule has 2 aromatic heterocycles. The van der Waals surface area contributed by atoms with Crippen LogP contribution in [0.25, 0.3) is 0 Å². The van der Waals surface area contributed by atoms with Gasteiger partial charge >= 0.3 is 5.97 Å². The van der Waals surface area contributed by atoms with Gasteiger partial charge in [-0.2, -0.15) is 0 Å². The number of hydrogen-bond donors (Lipinski definition) is 1. The molecule has 0 aliphatic heterocycles. The van der Waals surface area contributed by atoms with Crippen molar-refractivity contribution in [2.75, 3.05) is 17.7 Å². The van der Waals surface area contributed by atoms with E-state index in [4.69, 9.17) is 4.74 Å². The quantitative estimate of drug-likeness (QED) is 0.606. The first kappa shape index (κ1) is 16.9. The summed E-state index contributed by atoms with van der Waals surface area (Å²) in [6.07, 6.45) is 0.118. The van der Waals surface area contributed by atoms with Crippen molar-refractivity contribution < 1.29 is 14.3 Å². The van der Waals surface area contributed by atoms with E-state index < -0.39 is 0 Å². The molecule has 0 spiro atoms. The predicted molar refractivity (Wildman–Crippen MR) is 88.7 cm³/mol. The number of nitrogens with zero attached hydrogens (tertiary/aromatic N) is 2. The van der Waals surface area contributed by atoms with Gasteiger partial charge < -0.3 is 10.1 Å². The second-order valence-corrected chi connectivity index (χ2v) is 7.16. The van der Waals surface area contributed by atoms with E-state index in [-0.39, 0.29) is 24.1 Å². The van der Waals surface area contributed by atoms with Crippen molar-refractivity contribution in [3.63, 3.8) is 0 Å². The van der Waals surface area contributed by atoms with Crippen LogP contribution in [0.4, 0.5) is 5.13 Å². The number of esters is 1. The summed E-state index contributed by atoms with van der Waals surface area (Å²) in [5, 5.41) is 6.89. The van der Waals surface area contributed by atoms with Crippen molar-refractivity contribution in [1.29, 1.82) is 0 Å². The van der Waals surface area contributed by atoms with Gasteiger partial charge in [-0.3, -0.25) is 9.59 Å². The number of carbonyl (C=O) groups excluding carboxylic acids is 2. The number of carbonyl (C=O) groups is 2. The Kier molecular flexibility index (Phi) is 6.34. The number of thiazole rings is 2. The van der Waals surface area contributed by atoms with Crippen LogP contribution in [0.1, 0.15) is 18.3 Å². The number of amides is 1. The monoisotopic (exact) mass is 357 g/mol. The van der Waals surface area contributed by atoms with Crippen molar-refractivity contribution in [1.82, 2.24) is 9.97 Å². The van der Waals surface area contributed by atoms with E-state index in [1.807, 2.05) is 12.3 Å². The lowest BCUT2D eigenvalue weighted by atomic mass is 10.3. The standard InChI is InChI=1S/C13H15N3O3S3/c1-3-19-11(18)4-9-6-20-12(15-9)16-10(17)7-22-13-14-8(2)5-21-13/h5-6H,3-4,7H2,1-2H3,(H,15,16,17). The number of thioether (sulfide) groups is 1. The maximum Gasteiger partial charge on any atom is 0.311 e. The third kappa shape index (κ3) is 5.39. The van der Waals surface area contributed by atoms with E-state index in [9.17, 15) is 9.59 Å². The molecule has 0 saturated carbocycles. The van der Waals surface area contributed by atoms with Crippen molar-refractivity contribution in [3.05, 3.63) is 22.1 Å². The summed E-state index contributed by atoms with van der Waals surface area (Å²) in [6.45, 7) is 4.02. The molecule has 2 heterocycles. The third-order valence-electron chi connectivity index (χ3n) is 2.35. The van der Waals surface area contributed by atoms with Gasteiger partial charge in [0, 0.05) is 16.5 Å². The zero-order valence-corrected chi connectivity index (χ0v) is 14.6. The van der Waals surface area contributed by atoms with E-state index in [2.05, 4.69) is 15.3 Å². The van der Waals surface area contributed by atoms with Crippen LogP contribution in [-0.4, -0.2) is 34.2 Å². The van der Waals surface area contributed by atoms with E-state index in [0.717, 1.165) is 10.0 Å². The number of hydrogen-bond acceptors (Lipinski definition) is 8. The minimum Gasteiger partial charge on any atom is -0.466 e. The molecule has 2 aromatic rings. The molecule has 0 aliphatic carbocycles. The van der Waals surface area contributed by atoms with Crippen LogP contribution in [0.3, 0.4) is 0 Å². The maximum absolute atomic E-state index is 11.8. The van der Waals surface area contributed by atoms with Crippen LogP contribution in [0.2, 0.25) is 0 Å². The van der Waals surface area contributed by atoms with Crippen molar-refractivity contribution in [2.45, 2.75) is 24.6 Å². The van der Waals surface area contributed by atoms with Gasteiger partial charge in [0.1, 0.15) is 0 Å². The molecule has 0 aromatic carbocycles. The second kappa shape index (κ2) is 8.25. The Morgan fingerprint density at radius 1 is 1.32 bits per heavy atom. The summed E-state index contributed by atoms with van der Waals surface area (Å²) in [6, 6.07) is 0. The average Bonchev–Trinajstić information content (AvgIpc) is 3.06. The van der Waals surface area contributed by atoms with Crippen molar-refractivity contribution in [2.24, 2.45) is 0 Å². The summed E-state index contributed by atoms with van der Waals surface area (Å²) < 4.78 is 5.73. The Morgan fingerprint density at radius 3 is 2.82 bits per heavy atom. The summed E-state index contributed by atoms with van der Waals surface area (Å²) in [4.78, 5) is 31.7. The van der Waals surface area contributed by atoms with Crippen LogP contribution >= 0.6 is 34.4 Å². The number of ether oxygens (including phenoxy) is 1. The zero-order valence-electron chi connectivity index (χ0n) is 12.1. The highest BCUT2D eigenvalue weighted by molar-refractivity contribution is 8.01. The highest BCUT2D eigenvalue weighted by Gasteiger charge is 2.11. The Bertz CT molecular complexity index is 654. The molecule has 1 N–H and O–H groups in total. The van der Waals surface area contributed by atoms with Gasteiger partial charge in [0.25, 0.3) is 0 Å². The minimum absolute atomic E-state index is 0.118. The summed E-state index contributed by atoms with van der Waals surface area (Å²) in [7, 11) is 0. The van der Waals surface area contributed by atoms with Gasteiger partial charge in [-0.05, 0) is 13.8 Å². The number of rotatable bonds is 7. The zero-order chi connectivity index (χ0) is 15.9. The molecular weight excluding hydrogens is 342 g/mol. The molecule has 0 unspecified atom stereocenters. The second-order valence-electron chi connectivity index (χ2n) is 4.22. The molecule has 2 rings (SSSR count). The first-order valence-corrected chi connectivity index (χ1v) is 9.26. The molecule has 22 heavy (non-hydrogen) atoms. The van der Waals surface area contributed by atoms with Gasteiger partial charge in [0.2, 0.25) is 5.91 Å². The molecule has 0 aliphatic rings. The SMILES string of the molecule is CCOC(=O)Cc1csc(NC(=O)CSc2nc(C)cs2)n1. The highest BCUT2D eigenvalue weighted by atomic mass is 32.2. The lowest BCUT2D eigenvalue weighted by Gasteiger charge is -2.00. The van der Waals surface area contributed by atoms with Crippen LogP contribution in [0.5, 0.6) is 0 Å². The largest absolute Gasteiger partial charge is 0.466 e. The lowest BCUT2D eigenvalue weighted by molar-refractivity contribution is -0.142. The van der Waals surface area contributed by atoms with Gasteiger partial charge in [-0.25, -0.2) is 9.97 Å². The summed E-state index contributed by atoms with van der Waals surface area (Å²) in [5.74, 6) is -0.185. The molecule has 1 amide bonds. The number of aromatic nitrogens is 2. The molecule has 118 valence electrons. The highest BCUT2D eigenvalue weighted by Crippen LogP contribution is 2.23. The summed E-state index contributed by atoms with van der Waals surface area (Å²) in [5.41, 5.74) is 1.55. The third-order valence-corrected chi connectivity index (χ3v) is 5.30. The lowest BCUT2D eigenvalue weighted by Crippen LogP contribution is -2.14. The Balaban J connectivity index is 1.79. The Hall–Kier alpha value is -1.45. The minimum atomic E-state index is -0.319. The van der Waals surface area contributed by atoms with Gasteiger partial charge in [0.15, 0.2) is 9.47 Å². The first-order valence-electron chi connectivity index (χ1n) is 6.51. The molecule has 0 radical (unpaired) electrons. The van der Waals surface area contributed by atoms with Crippen LogP contribution in [0, 0.1) is 6.92 Å². The van der Waals surface area contributed by atoms with Crippen LogP contribution in [-0.2, 0) is 20.7 Å². The predicted octanol–water partition coefficient (Wildman–Crippen LogP) is 2.74. The molecule has 0 saturated heterocycles. The normalized spacial score (nSPS) is 10.5. The fourth-order valence-corrected chi connectivity index (χ4v) is 3.86. The molecule has 0 atom stereocenters. The maximum atomic E-state index is 11.8. The molecular formula is C13H15N3O3S3. The topological polar surface area (TPSA) is 81.2 Å². The van der Waals surface area contributed by atoms with E-state index >= 15 is 0 Å². The number of anilines is 1. The van der Waals surface area contributed by atoms with Gasteiger partial charge in [-0.15, -0.1) is 22.7 Å². The summed E-state index contributed by atoms with van der Waals surface area (Å²) >= 11 is 4.20.